The lowest BCUT2D eigenvalue weighted by Gasteiger charge is -2.17. The summed E-state index contributed by atoms with van der Waals surface area (Å²) in [5.41, 5.74) is 2.53. The van der Waals surface area contributed by atoms with Crippen molar-refractivity contribution >= 4 is 23.2 Å². The minimum Gasteiger partial charge on any atom is -0.490 e. The first-order valence-electron chi connectivity index (χ1n) is 10.7. The standard InChI is InChI=1S/C24H23Cl2N3O3/c25-21-5-3-4-20(23(21)26)16-6-8-18(9-7-16)31-15-19-14-29-17(13-28-10-1-2-11-28)12-22(30)27-24(29)32-19/h3-9,12,19H,1-2,10-11,13-15H2. The molecule has 0 bridgehead atoms. The van der Waals surface area contributed by atoms with Gasteiger partial charge in [0.25, 0.3) is 5.56 Å². The average molecular weight is 472 g/mol. The molecule has 0 aliphatic carbocycles. The van der Waals surface area contributed by atoms with Gasteiger partial charge in [0.05, 0.1) is 16.6 Å². The molecular weight excluding hydrogens is 449 g/mol. The van der Waals surface area contributed by atoms with E-state index in [9.17, 15) is 4.79 Å². The highest BCUT2D eigenvalue weighted by Crippen LogP contribution is 2.34. The highest BCUT2D eigenvalue weighted by Gasteiger charge is 2.27. The van der Waals surface area contributed by atoms with E-state index in [-0.39, 0.29) is 11.7 Å². The largest absolute Gasteiger partial charge is 0.490 e. The van der Waals surface area contributed by atoms with Crippen LogP contribution in [-0.2, 0) is 13.1 Å². The van der Waals surface area contributed by atoms with Crippen molar-refractivity contribution in [1.29, 1.82) is 0 Å². The molecule has 1 atom stereocenters. The molecular formula is C24H23Cl2N3O3. The number of ether oxygens (including phenoxy) is 2. The predicted octanol–water partition coefficient (Wildman–Crippen LogP) is 4.65. The summed E-state index contributed by atoms with van der Waals surface area (Å²) in [6.45, 7) is 3.85. The van der Waals surface area contributed by atoms with Crippen molar-refractivity contribution in [2.75, 3.05) is 19.7 Å². The maximum absolute atomic E-state index is 12.0. The molecule has 32 heavy (non-hydrogen) atoms. The number of benzene rings is 2. The third-order valence-corrected chi connectivity index (χ3v) is 6.69. The minimum absolute atomic E-state index is 0.205. The van der Waals surface area contributed by atoms with Crippen molar-refractivity contribution in [3.05, 3.63) is 74.6 Å². The van der Waals surface area contributed by atoms with Crippen LogP contribution in [0.25, 0.3) is 11.1 Å². The molecule has 2 aromatic carbocycles. The smallest absolute Gasteiger partial charge is 0.300 e. The molecule has 166 valence electrons. The summed E-state index contributed by atoms with van der Waals surface area (Å²) in [6, 6.07) is 15.3. The van der Waals surface area contributed by atoms with Crippen LogP contribution in [-0.4, -0.2) is 40.3 Å². The molecule has 1 unspecified atom stereocenters. The first-order valence-corrected chi connectivity index (χ1v) is 11.5. The third kappa shape index (κ3) is 4.49. The fourth-order valence-corrected chi connectivity index (χ4v) is 4.65. The Labute approximate surface area is 196 Å². The number of halogens is 2. The lowest BCUT2D eigenvalue weighted by Crippen LogP contribution is -2.25. The van der Waals surface area contributed by atoms with E-state index in [1.807, 2.05) is 41.0 Å². The van der Waals surface area contributed by atoms with Crippen LogP contribution in [0.5, 0.6) is 11.8 Å². The Hall–Kier alpha value is -2.54. The van der Waals surface area contributed by atoms with E-state index < -0.39 is 0 Å². The second kappa shape index (κ2) is 9.14. The number of rotatable bonds is 6. The Bertz CT molecular complexity index is 1170. The first-order chi connectivity index (χ1) is 15.6. The molecule has 2 aliphatic heterocycles. The maximum Gasteiger partial charge on any atom is 0.300 e. The van der Waals surface area contributed by atoms with Crippen molar-refractivity contribution in [3.63, 3.8) is 0 Å². The van der Waals surface area contributed by atoms with Crippen molar-refractivity contribution in [3.8, 4) is 22.9 Å². The van der Waals surface area contributed by atoms with Gasteiger partial charge in [0.15, 0.2) is 6.10 Å². The molecule has 1 fully saturated rings. The van der Waals surface area contributed by atoms with Gasteiger partial charge < -0.3 is 9.47 Å². The summed E-state index contributed by atoms with van der Waals surface area (Å²) in [6.07, 6.45) is 2.21. The molecule has 0 N–H and O–H groups in total. The number of nitrogens with zero attached hydrogens (tertiary/aromatic N) is 3. The second-order valence-corrected chi connectivity index (χ2v) is 8.92. The Balaban J connectivity index is 1.23. The number of hydrogen-bond acceptors (Lipinski definition) is 5. The monoisotopic (exact) mass is 471 g/mol. The maximum atomic E-state index is 12.0. The van der Waals surface area contributed by atoms with Crippen LogP contribution in [0.1, 0.15) is 18.5 Å². The molecule has 0 saturated carbocycles. The van der Waals surface area contributed by atoms with Gasteiger partial charge in [-0.1, -0.05) is 47.5 Å². The van der Waals surface area contributed by atoms with Gasteiger partial charge in [-0.2, -0.15) is 4.98 Å². The van der Waals surface area contributed by atoms with E-state index in [0.717, 1.165) is 42.2 Å². The molecule has 1 saturated heterocycles. The Kier molecular flexibility index (Phi) is 6.09. The second-order valence-electron chi connectivity index (χ2n) is 8.14. The number of likely N-dealkylation sites (tertiary alicyclic amines) is 1. The predicted molar refractivity (Wildman–Crippen MR) is 125 cm³/mol. The van der Waals surface area contributed by atoms with Crippen molar-refractivity contribution in [2.45, 2.75) is 32.0 Å². The van der Waals surface area contributed by atoms with Crippen molar-refractivity contribution < 1.29 is 9.47 Å². The van der Waals surface area contributed by atoms with Gasteiger partial charge in [-0.05, 0) is 49.7 Å². The molecule has 2 aliphatic rings. The number of hydrogen-bond donors (Lipinski definition) is 0. The average Bonchev–Trinajstić information content (AvgIpc) is 3.44. The van der Waals surface area contributed by atoms with E-state index >= 15 is 0 Å². The van der Waals surface area contributed by atoms with Gasteiger partial charge in [-0.3, -0.25) is 14.3 Å². The summed E-state index contributed by atoms with van der Waals surface area (Å²) in [7, 11) is 0. The van der Waals surface area contributed by atoms with Crippen LogP contribution >= 0.6 is 23.2 Å². The molecule has 6 nitrogen and oxygen atoms in total. The summed E-state index contributed by atoms with van der Waals surface area (Å²) >= 11 is 12.4. The highest BCUT2D eigenvalue weighted by molar-refractivity contribution is 6.43. The molecule has 8 heteroatoms. The topological polar surface area (TPSA) is 56.6 Å². The lowest BCUT2D eigenvalue weighted by molar-refractivity contribution is 0.143. The van der Waals surface area contributed by atoms with Gasteiger partial charge in [-0.25, -0.2) is 0 Å². The zero-order valence-corrected chi connectivity index (χ0v) is 19.0. The van der Waals surface area contributed by atoms with E-state index in [0.29, 0.717) is 29.2 Å². The SMILES string of the molecule is O=c1cc(CN2CCCC2)n2c(n1)OC(COc1ccc(-c3cccc(Cl)c3Cl)cc1)C2. The lowest BCUT2D eigenvalue weighted by atomic mass is 10.1. The number of aromatic nitrogens is 2. The minimum atomic E-state index is -0.262. The van der Waals surface area contributed by atoms with Crippen LogP contribution in [0.2, 0.25) is 10.0 Å². The fraction of sp³-hybridized carbons (Fsp3) is 0.333. The van der Waals surface area contributed by atoms with Crippen LogP contribution in [0.3, 0.4) is 0 Å². The van der Waals surface area contributed by atoms with Gasteiger partial charge >= 0.3 is 6.01 Å². The normalized spacial score (nSPS) is 17.9. The molecule has 0 amide bonds. The molecule has 3 heterocycles. The van der Waals surface area contributed by atoms with Crippen LogP contribution in [0.4, 0.5) is 0 Å². The molecule has 1 aromatic heterocycles. The molecule has 3 aromatic rings. The van der Waals surface area contributed by atoms with Gasteiger partial charge in [-0.15, -0.1) is 0 Å². The fourth-order valence-electron chi connectivity index (χ4n) is 4.24. The summed E-state index contributed by atoms with van der Waals surface area (Å²) in [4.78, 5) is 18.4. The summed E-state index contributed by atoms with van der Waals surface area (Å²) in [5, 5.41) is 1.06. The Morgan fingerprint density at radius 3 is 2.66 bits per heavy atom. The molecule has 0 radical (unpaired) electrons. The van der Waals surface area contributed by atoms with Crippen molar-refractivity contribution in [2.24, 2.45) is 0 Å². The Morgan fingerprint density at radius 1 is 1.09 bits per heavy atom. The van der Waals surface area contributed by atoms with Crippen LogP contribution < -0.4 is 15.0 Å². The van der Waals surface area contributed by atoms with E-state index in [2.05, 4.69) is 9.88 Å². The highest BCUT2D eigenvalue weighted by atomic mass is 35.5. The van der Waals surface area contributed by atoms with E-state index in [1.165, 1.54) is 12.8 Å². The van der Waals surface area contributed by atoms with Crippen LogP contribution in [0, 0.1) is 0 Å². The van der Waals surface area contributed by atoms with Crippen LogP contribution in [0.15, 0.2) is 53.3 Å². The van der Waals surface area contributed by atoms with E-state index in [1.54, 1.807) is 12.1 Å². The zero-order chi connectivity index (χ0) is 22.1. The van der Waals surface area contributed by atoms with Gasteiger partial charge in [0, 0.05) is 23.9 Å². The van der Waals surface area contributed by atoms with E-state index in [4.69, 9.17) is 32.7 Å². The molecule has 5 rings (SSSR count). The third-order valence-electron chi connectivity index (χ3n) is 5.87. The first kappa shape index (κ1) is 21.3. The van der Waals surface area contributed by atoms with Gasteiger partial charge in [0.2, 0.25) is 0 Å². The summed E-state index contributed by atoms with van der Waals surface area (Å²) in [5.74, 6) is 0.728. The Morgan fingerprint density at radius 2 is 1.88 bits per heavy atom. The zero-order valence-electron chi connectivity index (χ0n) is 17.5. The quantitative estimate of drug-likeness (QED) is 0.523. The summed E-state index contributed by atoms with van der Waals surface area (Å²) < 4.78 is 13.9. The van der Waals surface area contributed by atoms with Gasteiger partial charge in [0.1, 0.15) is 12.4 Å². The molecule has 0 spiro atoms. The van der Waals surface area contributed by atoms with Crippen molar-refractivity contribution in [1.82, 2.24) is 14.5 Å². The number of fused-ring (bicyclic) bond motifs is 1.